The highest BCUT2D eigenvalue weighted by atomic mass is 16.3. The van der Waals surface area contributed by atoms with Crippen molar-refractivity contribution in [1.82, 2.24) is 5.32 Å². The van der Waals surface area contributed by atoms with Crippen molar-refractivity contribution in [3.8, 4) is 0 Å². The van der Waals surface area contributed by atoms with Crippen LogP contribution in [0.5, 0.6) is 0 Å². The summed E-state index contributed by atoms with van der Waals surface area (Å²) in [7, 11) is 0. The zero-order valence-electron chi connectivity index (χ0n) is 9.84. The Morgan fingerprint density at radius 2 is 2.00 bits per heavy atom. The van der Waals surface area contributed by atoms with Crippen LogP contribution in [0, 0.1) is 11.3 Å². The van der Waals surface area contributed by atoms with Crippen LogP contribution in [-0.2, 0) is 0 Å². The molecule has 1 aliphatic heterocycles. The second-order valence-electron chi connectivity index (χ2n) is 5.77. The number of hydrogen-bond acceptors (Lipinski definition) is 2. The van der Waals surface area contributed by atoms with Gasteiger partial charge < -0.3 is 10.4 Å². The number of nitrogens with one attached hydrogen (secondary N) is 1. The molecule has 1 fully saturated rings. The van der Waals surface area contributed by atoms with Crippen molar-refractivity contribution in [3.05, 3.63) is 0 Å². The summed E-state index contributed by atoms with van der Waals surface area (Å²) in [5.41, 5.74) is 0.249. The number of hydrogen-bond donors (Lipinski definition) is 2. The molecule has 1 saturated heterocycles. The van der Waals surface area contributed by atoms with Gasteiger partial charge in [0.25, 0.3) is 0 Å². The van der Waals surface area contributed by atoms with Crippen molar-refractivity contribution < 1.29 is 5.11 Å². The van der Waals surface area contributed by atoms with E-state index in [9.17, 15) is 5.11 Å². The molecule has 14 heavy (non-hydrogen) atoms. The van der Waals surface area contributed by atoms with Gasteiger partial charge in [-0.05, 0) is 50.1 Å². The third kappa shape index (κ3) is 4.43. The van der Waals surface area contributed by atoms with Gasteiger partial charge in [-0.25, -0.2) is 0 Å². The lowest BCUT2D eigenvalue weighted by Gasteiger charge is -2.27. The Morgan fingerprint density at radius 1 is 1.29 bits per heavy atom. The van der Waals surface area contributed by atoms with Gasteiger partial charge in [-0.1, -0.05) is 20.8 Å². The molecule has 2 atom stereocenters. The SMILES string of the molecule is CC(C)(C)CC(O)C1CCCNCC1. The first-order valence-corrected chi connectivity index (χ1v) is 5.88. The number of aliphatic hydroxyl groups excluding tert-OH is 1. The maximum absolute atomic E-state index is 10.1. The maximum Gasteiger partial charge on any atom is 0.0573 e. The molecule has 2 heteroatoms. The van der Waals surface area contributed by atoms with Gasteiger partial charge in [0, 0.05) is 0 Å². The van der Waals surface area contributed by atoms with Gasteiger partial charge in [0.1, 0.15) is 0 Å². The van der Waals surface area contributed by atoms with E-state index in [1.165, 1.54) is 12.8 Å². The predicted octanol–water partition coefficient (Wildman–Crippen LogP) is 2.17. The van der Waals surface area contributed by atoms with E-state index >= 15 is 0 Å². The lowest BCUT2D eigenvalue weighted by molar-refractivity contribution is 0.0605. The van der Waals surface area contributed by atoms with E-state index in [1.54, 1.807) is 0 Å². The Bertz CT molecular complexity index is 154. The van der Waals surface area contributed by atoms with Gasteiger partial charge in [0.15, 0.2) is 0 Å². The zero-order valence-corrected chi connectivity index (χ0v) is 9.84. The minimum absolute atomic E-state index is 0.102. The Hall–Kier alpha value is -0.0800. The topological polar surface area (TPSA) is 32.3 Å². The first kappa shape index (κ1) is 12.0. The summed E-state index contributed by atoms with van der Waals surface area (Å²) < 4.78 is 0. The lowest BCUT2D eigenvalue weighted by atomic mass is 9.82. The van der Waals surface area contributed by atoms with Crippen molar-refractivity contribution in [2.45, 2.75) is 52.6 Å². The Labute approximate surface area is 88.1 Å². The molecule has 1 heterocycles. The van der Waals surface area contributed by atoms with Gasteiger partial charge in [0.05, 0.1) is 6.10 Å². The Kier molecular flexibility index (Phi) is 4.39. The third-order valence-corrected chi connectivity index (χ3v) is 2.99. The fourth-order valence-electron chi connectivity index (χ4n) is 2.22. The summed E-state index contributed by atoms with van der Waals surface area (Å²) in [4.78, 5) is 0. The summed E-state index contributed by atoms with van der Waals surface area (Å²) >= 11 is 0. The van der Waals surface area contributed by atoms with E-state index < -0.39 is 0 Å². The fraction of sp³-hybridized carbons (Fsp3) is 1.00. The van der Waals surface area contributed by atoms with Crippen LogP contribution < -0.4 is 5.32 Å². The molecule has 1 aliphatic rings. The molecule has 1 rings (SSSR count). The molecule has 0 radical (unpaired) electrons. The van der Waals surface area contributed by atoms with Crippen molar-refractivity contribution >= 4 is 0 Å². The summed E-state index contributed by atoms with van der Waals surface area (Å²) in [5, 5.41) is 13.5. The van der Waals surface area contributed by atoms with Gasteiger partial charge in [-0.2, -0.15) is 0 Å². The highest BCUT2D eigenvalue weighted by molar-refractivity contribution is 4.77. The van der Waals surface area contributed by atoms with Crippen LogP contribution in [0.25, 0.3) is 0 Å². The molecular formula is C12H25NO. The van der Waals surface area contributed by atoms with Crippen LogP contribution in [0.15, 0.2) is 0 Å². The molecule has 2 N–H and O–H groups in total. The largest absolute Gasteiger partial charge is 0.393 e. The average molecular weight is 199 g/mol. The van der Waals surface area contributed by atoms with E-state index in [0.717, 1.165) is 25.9 Å². The first-order chi connectivity index (χ1) is 6.49. The molecule has 0 aliphatic carbocycles. The molecule has 0 saturated carbocycles. The minimum Gasteiger partial charge on any atom is -0.393 e. The van der Waals surface area contributed by atoms with Crippen LogP contribution in [0.2, 0.25) is 0 Å². The van der Waals surface area contributed by atoms with Crippen molar-refractivity contribution in [1.29, 1.82) is 0 Å². The molecule has 84 valence electrons. The van der Waals surface area contributed by atoms with E-state index in [0.29, 0.717) is 5.92 Å². The first-order valence-electron chi connectivity index (χ1n) is 5.88. The number of rotatable bonds is 2. The van der Waals surface area contributed by atoms with E-state index in [2.05, 4.69) is 26.1 Å². The van der Waals surface area contributed by atoms with Crippen LogP contribution >= 0.6 is 0 Å². The third-order valence-electron chi connectivity index (χ3n) is 2.99. The van der Waals surface area contributed by atoms with Crippen LogP contribution in [0.4, 0.5) is 0 Å². The van der Waals surface area contributed by atoms with E-state index in [-0.39, 0.29) is 11.5 Å². The Balaban J connectivity index is 2.37. The smallest absolute Gasteiger partial charge is 0.0573 e. The standard InChI is InChI=1S/C12H25NO/c1-12(2,3)9-11(14)10-5-4-7-13-8-6-10/h10-11,13-14H,4-9H2,1-3H3. The second kappa shape index (κ2) is 5.13. The number of aliphatic hydroxyl groups is 1. The molecule has 0 bridgehead atoms. The van der Waals surface area contributed by atoms with Gasteiger partial charge in [-0.3, -0.25) is 0 Å². The second-order valence-corrected chi connectivity index (χ2v) is 5.77. The van der Waals surface area contributed by atoms with Gasteiger partial charge >= 0.3 is 0 Å². The summed E-state index contributed by atoms with van der Waals surface area (Å²) in [6, 6.07) is 0. The molecule has 0 amide bonds. The van der Waals surface area contributed by atoms with Crippen molar-refractivity contribution in [3.63, 3.8) is 0 Å². The minimum atomic E-state index is -0.102. The molecule has 0 aromatic heterocycles. The molecule has 2 nitrogen and oxygen atoms in total. The zero-order chi connectivity index (χ0) is 10.6. The van der Waals surface area contributed by atoms with Crippen molar-refractivity contribution in [2.75, 3.05) is 13.1 Å². The monoisotopic (exact) mass is 199 g/mol. The van der Waals surface area contributed by atoms with Crippen LogP contribution in [0.3, 0.4) is 0 Å². The van der Waals surface area contributed by atoms with Gasteiger partial charge in [-0.15, -0.1) is 0 Å². The summed E-state index contributed by atoms with van der Waals surface area (Å²) in [5.74, 6) is 0.518. The van der Waals surface area contributed by atoms with E-state index in [4.69, 9.17) is 0 Å². The summed E-state index contributed by atoms with van der Waals surface area (Å²) in [6.45, 7) is 8.80. The molecular weight excluding hydrogens is 174 g/mol. The average Bonchev–Trinajstić information content (AvgIpc) is 2.27. The highest BCUT2D eigenvalue weighted by Gasteiger charge is 2.24. The van der Waals surface area contributed by atoms with Gasteiger partial charge in [0.2, 0.25) is 0 Å². The van der Waals surface area contributed by atoms with Crippen molar-refractivity contribution in [2.24, 2.45) is 11.3 Å². The quantitative estimate of drug-likeness (QED) is 0.714. The van der Waals surface area contributed by atoms with Crippen LogP contribution in [0.1, 0.15) is 46.5 Å². The molecule has 2 unspecified atom stereocenters. The lowest BCUT2D eigenvalue weighted by Crippen LogP contribution is -2.26. The molecule has 0 aromatic carbocycles. The van der Waals surface area contributed by atoms with Crippen LogP contribution in [-0.4, -0.2) is 24.3 Å². The highest BCUT2D eigenvalue weighted by Crippen LogP contribution is 2.28. The normalized spacial score (nSPS) is 27.0. The Morgan fingerprint density at radius 3 is 2.64 bits per heavy atom. The van der Waals surface area contributed by atoms with E-state index in [1.807, 2.05) is 0 Å². The summed E-state index contributed by atoms with van der Waals surface area (Å²) in [6.07, 6.45) is 4.36. The predicted molar refractivity (Wildman–Crippen MR) is 60.3 cm³/mol. The fourth-order valence-corrected chi connectivity index (χ4v) is 2.22. The molecule has 0 aromatic rings. The molecule has 0 spiro atoms. The maximum atomic E-state index is 10.1.